The first-order valence-electron chi connectivity index (χ1n) is 7.04. The number of likely N-dealkylation sites (tertiary alicyclic amines) is 1. The smallest absolute Gasteiger partial charge is 0.370 e. The molecule has 1 saturated heterocycles. The molecule has 0 radical (unpaired) electrons. The van der Waals surface area contributed by atoms with Crippen molar-refractivity contribution in [3.63, 3.8) is 0 Å². The molecule has 0 spiro atoms. The van der Waals surface area contributed by atoms with Crippen LogP contribution in [0.15, 0.2) is 6.07 Å². The molecule has 0 aromatic carbocycles. The third-order valence-electron chi connectivity index (χ3n) is 3.53. The van der Waals surface area contributed by atoms with Crippen LogP contribution in [0.25, 0.3) is 0 Å². The molecule has 1 fully saturated rings. The quantitative estimate of drug-likeness (QED) is 0.875. The van der Waals surface area contributed by atoms with Crippen molar-refractivity contribution >= 4 is 11.6 Å². The maximum atomic E-state index is 12.8. The van der Waals surface area contributed by atoms with Gasteiger partial charge in [0.15, 0.2) is 0 Å². The van der Waals surface area contributed by atoms with E-state index in [4.69, 9.17) is 0 Å². The summed E-state index contributed by atoms with van der Waals surface area (Å²) in [6, 6.07) is 1.84. The number of rotatable bonds is 5. The highest BCUT2D eigenvalue weighted by molar-refractivity contribution is 5.48. The summed E-state index contributed by atoms with van der Waals surface area (Å²) in [5, 5.41) is 5.79. The molecule has 1 unspecified atom stereocenters. The maximum absolute atomic E-state index is 12.8. The average Bonchev–Trinajstić information content (AvgIpc) is 2.81. The van der Waals surface area contributed by atoms with Crippen LogP contribution in [0.2, 0.25) is 0 Å². The summed E-state index contributed by atoms with van der Waals surface area (Å²) in [7, 11) is 2.02. The molecule has 8 heteroatoms. The molecule has 0 bridgehead atoms. The Morgan fingerprint density at radius 3 is 2.48 bits per heavy atom. The van der Waals surface area contributed by atoms with Gasteiger partial charge in [-0.25, -0.2) is 9.97 Å². The van der Waals surface area contributed by atoms with E-state index in [1.807, 2.05) is 7.05 Å². The van der Waals surface area contributed by atoms with Gasteiger partial charge in [-0.1, -0.05) is 0 Å². The molecule has 1 aliphatic rings. The van der Waals surface area contributed by atoms with Gasteiger partial charge in [0.25, 0.3) is 0 Å². The highest BCUT2D eigenvalue weighted by Gasteiger charge is 2.35. The summed E-state index contributed by atoms with van der Waals surface area (Å²) in [5.41, 5.74) is 0. The van der Waals surface area contributed by atoms with Crippen molar-refractivity contribution in [3.05, 3.63) is 11.9 Å². The molecule has 0 saturated carbocycles. The highest BCUT2D eigenvalue weighted by Crippen LogP contribution is 2.28. The van der Waals surface area contributed by atoms with Crippen LogP contribution in [0.5, 0.6) is 0 Å². The molecular weight excluding hydrogens is 283 g/mol. The Bertz CT molecular complexity index is 477. The number of halogens is 3. The summed E-state index contributed by atoms with van der Waals surface area (Å²) in [6.07, 6.45) is -2.39. The second-order valence-corrected chi connectivity index (χ2v) is 5.15. The van der Waals surface area contributed by atoms with E-state index in [1.54, 1.807) is 6.92 Å². The van der Waals surface area contributed by atoms with E-state index < -0.39 is 12.0 Å². The molecule has 21 heavy (non-hydrogen) atoms. The third-order valence-corrected chi connectivity index (χ3v) is 3.53. The van der Waals surface area contributed by atoms with Gasteiger partial charge in [-0.2, -0.15) is 13.2 Å². The lowest BCUT2D eigenvalue weighted by Gasteiger charge is -2.20. The van der Waals surface area contributed by atoms with Crippen LogP contribution < -0.4 is 10.6 Å². The van der Waals surface area contributed by atoms with E-state index in [-0.39, 0.29) is 11.6 Å². The van der Waals surface area contributed by atoms with E-state index in [9.17, 15) is 13.2 Å². The predicted molar refractivity (Wildman–Crippen MR) is 75.3 cm³/mol. The zero-order chi connectivity index (χ0) is 15.5. The fourth-order valence-electron chi connectivity index (χ4n) is 2.40. The van der Waals surface area contributed by atoms with Crippen LogP contribution >= 0.6 is 0 Å². The topological polar surface area (TPSA) is 53.1 Å². The Hall–Kier alpha value is -1.57. The predicted octanol–water partition coefficient (Wildman–Crippen LogP) is 2.43. The van der Waals surface area contributed by atoms with E-state index in [0.717, 1.165) is 19.4 Å². The largest absolute Gasteiger partial charge is 0.451 e. The zero-order valence-electron chi connectivity index (χ0n) is 12.2. The van der Waals surface area contributed by atoms with Crippen molar-refractivity contribution in [3.8, 4) is 0 Å². The van der Waals surface area contributed by atoms with Crippen molar-refractivity contribution in [2.75, 3.05) is 37.3 Å². The summed E-state index contributed by atoms with van der Waals surface area (Å²) >= 11 is 0. The van der Waals surface area contributed by atoms with E-state index in [1.165, 1.54) is 6.07 Å². The minimum absolute atomic E-state index is 0.183. The number of aromatic nitrogens is 2. The number of hydrogen-bond acceptors (Lipinski definition) is 5. The first-order valence-corrected chi connectivity index (χ1v) is 7.04. The molecule has 1 atom stereocenters. The first kappa shape index (κ1) is 15.8. The molecule has 2 rings (SSSR count). The molecule has 0 aliphatic carbocycles. The van der Waals surface area contributed by atoms with Gasteiger partial charge < -0.3 is 15.5 Å². The molecule has 2 N–H and O–H groups in total. The van der Waals surface area contributed by atoms with Gasteiger partial charge in [0.2, 0.25) is 5.82 Å². The number of hydrogen-bond donors (Lipinski definition) is 2. The number of nitrogens with zero attached hydrogens (tertiary/aromatic N) is 3. The summed E-state index contributed by atoms with van der Waals surface area (Å²) in [4.78, 5) is 9.26. The molecule has 1 aromatic rings. The molecular formula is C13H20F3N5. The van der Waals surface area contributed by atoms with Crippen LogP contribution in [-0.4, -0.2) is 47.6 Å². The van der Waals surface area contributed by atoms with Crippen LogP contribution in [0.3, 0.4) is 0 Å². The van der Waals surface area contributed by atoms with Gasteiger partial charge in [0, 0.05) is 25.2 Å². The first-order chi connectivity index (χ1) is 9.90. The summed E-state index contributed by atoms with van der Waals surface area (Å²) in [6.45, 7) is 3.90. The molecule has 1 aromatic heterocycles. The lowest BCUT2D eigenvalue weighted by atomic mass is 10.2. The van der Waals surface area contributed by atoms with Crippen molar-refractivity contribution in [1.82, 2.24) is 14.9 Å². The van der Waals surface area contributed by atoms with Crippen molar-refractivity contribution in [2.45, 2.75) is 32.0 Å². The monoisotopic (exact) mass is 303 g/mol. The Kier molecular flexibility index (Phi) is 4.87. The Morgan fingerprint density at radius 2 is 1.95 bits per heavy atom. The normalized spacial score (nSPS) is 19.8. The van der Waals surface area contributed by atoms with E-state index >= 15 is 0 Å². The number of alkyl halides is 3. The second-order valence-electron chi connectivity index (χ2n) is 5.15. The Labute approximate surface area is 122 Å². The fourth-order valence-corrected chi connectivity index (χ4v) is 2.40. The molecule has 2 heterocycles. The standard InChI is InChI=1S/C13H20F3N5/c1-3-17-10-7-11(20-12(19-10)13(14,15)16)18-8-9-5-4-6-21(9)2/h7,9H,3-6,8H2,1-2H3,(H2,17,18,19,20). The van der Waals surface area contributed by atoms with Crippen LogP contribution in [0, 0.1) is 0 Å². The fraction of sp³-hybridized carbons (Fsp3) is 0.692. The number of nitrogens with one attached hydrogen (secondary N) is 2. The summed E-state index contributed by atoms with van der Waals surface area (Å²) in [5.74, 6) is -0.737. The minimum atomic E-state index is -4.55. The van der Waals surface area contributed by atoms with Gasteiger partial charge >= 0.3 is 6.18 Å². The highest BCUT2D eigenvalue weighted by atomic mass is 19.4. The van der Waals surface area contributed by atoms with Crippen molar-refractivity contribution in [1.29, 1.82) is 0 Å². The zero-order valence-corrected chi connectivity index (χ0v) is 12.2. The van der Waals surface area contributed by atoms with E-state index in [0.29, 0.717) is 19.1 Å². The Balaban J connectivity index is 2.11. The average molecular weight is 303 g/mol. The SMILES string of the molecule is CCNc1cc(NCC2CCCN2C)nc(C(F)(F)F)n1. The van der Waals surface area contributed by atoms with Gasteiger partial charge in [0.1, 0.15) is 11.6 Å². The maximum Gasteiger partial charge on any atom is 0.451 e. The van der Waals surface area contributed by atoms with E-state index in [2.05, 4.69) is 25.5 Å². The number of anilines is 2. The lowest BCUT2D eigenvalue weighted by Crippen LogP contribution is -2.32. The van der Waals surface area contributed by atoms with Gasteiger partial charge in [-0.05, 0) is 33.4 Å². The second kappa shape index (κ2) is 6.46. The van der Waals surface area contributed by atoms with Crippen LogP contribution in [-0.2, 0) is 6.18 Å². The molecule has 0 amide bonds. The summed E-state index contributed by atoms with van der Waals surface area (Å²) < 4.78 is 38.4. The molecule has 1 aliphatic heterocycles. The van der Waals surface area contributed by atoms with Gasteiger partial charge in [-0.3, -0.25) is 0 Å². The lowest BCUT2D eigenvalue weighted by molar-refractivity contribution is -0.144. The molecule has 118 valence electrons. The van der Waals surface area contributed by atoms with Crippen LogP contribution in [0.4, 0.5) is 24.8 Å². The molecule has 5 nitrogen and oxygen atoms in total. The van der Waals surface area contributed by atoms with Crippen LogP contribution in [0.1, 0.15) is 25.6 Å². The van der Waals surface area contributed by atoms with Gasteiger partial charge in [-0.15, -0.1) is 0 Å². The van der Waals surface area contributed by atoms with Crippen molar-refractivity contribution < 1.29 is 13.2 Å². The number of likely N-dealkylation sites (N-methyl/N-ethyl adjacent to an activating group) is 1. The Morgan fingerprint density at radius 1 is 1.29 bits per heavy atom. The van der Waals surface area contributed by atoms with Gasteiger partial charge in [0.05, 0.1) is 0 Å². The minimum Gasteiger partial charge on any atom is -0.370 e. The third kappa shape index (κ3) is 4.20. The van der Waals surface area contributed by atoms with Crippen molar-refractivity contribution in [2.24, 2.45) is 0 Å².